The molecule has 3 heteroatoms. The Kier molecular flexibility index (Phi) is 2.03. The maximum atomic E-state index is 4.54. The number of aromatic amines is 1. The molecule has 1 aromatic carbocycles. The van der Waals surface area contributed by atoms with Crippen LogP contribution >= 0.6 is 11.3 Å². The largest absolute Gasteiger partial charge is 0.342 e. The van der Waals surface area contributed by atoms with Crippen LogP contribution in [0.3, 0.4) is 0 Å². The van der Waals surface area contributed by atoms with Crippen molar-refractivity contribution in [1.29, 1.82) is 0 Å². The van der Waals surface area contributed by atoms with Crippen LogP contribution in [0.5, 0.6) is 0 Å². The van der Waals surface area contributed by atoms with Gasteiger partial charge in [0.05, 0.1) is 11.0 Å². The average Bonchev–Trinajstić information content (AvgIpc) is 2.86. The highest BCUT2D eigenvalue weighted by Gasteiger charge is 2.02. The van der Waals surface area contributed by atoms with E-state index in [4.69, 9.17) is 0 Å². The first-order chi connectivity index (χ1) is 7.42. The van der Waals surface area contributed by atoms with Crippen LogP contribution < -0.4 is 0 Å². The Morgan fingerprint density at radius 1 is 1.20 bits per heavy atom. The van der Waals surface area contributed by atoms with E-state index in [0.717, 1.165) is 23.3 Å². The van der Waals surface area contributed by atoms with Gasteiger partial charge in [-0.05, 0) is 34.5 Å². The van der Waals surface area contributed by atoms with Gasteiger partial charge in [0.15, 0.2) is 0 Å². The van der Waals surface area contributed by atoms with Gasteiger partial charge in [-0.25, -0.2) is 4.98 Å². The smallest absolute Gasteiger partial charge is 0.111 e. The highest BCUT2D eigenvalue weighted by atomic mass is 32.1. The van der Waals surface area contributed by atoms with Gasteiger partial charge in [-0.1, -0.05) is 12.1 Å². The van der Waals surface area contributed by atoms with Gasteiger partial charge in [-0.2, -0.15) is 11.3 Å². The molecule has 0 saturated heterocycles. The van der Waals surface area contributed by atoms with Crippen molar-refractivity contribution in [2.45, 2.75) is 6.42 Å². The molecule has 0 spiro atoms. The summed E-state index contributed by atoms with van der Waals surface area (Å²) >= 11 is 1.72. The summed E-state index contributed by atoms with van der Waals surface area (Å²) < 4.78 is 0. The number of thiophene rings is 1. The quantitative estimate of drug-likeness (QED) is 0.697. The molecule has 0 radical (unpaired) electrons. The summed E-state index contributed by atoms with van der Waals surface area (Å²) in [6, 6.07) is 10.3. The number of H-pyrrole nitrogens is 1. The Labute approximate surface area is 91.6 Å². The van der Waals surface area contributed by atoms with E-state index in [1.54, 1.807) is 11.3 Å². The molecule has 2 heterocycles. The number of benzene rings is 1. The fraction of sp³-hybridized carbons (Fsp3) is 0.0833. The minimum Gasteiger partial charge on any atom is -0.342 e. The third-order valence-electron chi connectivity index (χ3n) is 2.39. The van der Waals surface area contributed by atoms with E-state index in [1.165, 1.54) is 5.56 Å². The van der Waals surface area contributed by atoms with Gasteiger partial charge in [-0.3, -0.25) is 0 Å². The second-order valence-corrected chi connectivity index (χ2v) is 4.29. The first-order valence-electron chi connectivity index (χ1n) is 4.86. The van der Waals surface area contributed by atoms with Gasteiger partial charge in [0.25, 0.3) is 0 Å². The number of nitrogens with one attached hydrogen (secondary N) is 1. The second kappa shape index (κ2) is 3.51. The van der Waals surface area contributed by atoms with Crippen molar-refractivity contribution in [3.05, 3.63) is 52.5 Å². The lowest BCUT2D eigenvalue weighted by atomic mass is 10.2. The number of para-hydroxylation sites is 2. The number of hydrogen-bond donors (Lipinski definition) is 1. The third-order valence-corrected chi connectivity index (χ3v) is 3.12. The molecule has 3 rings (SSSR count). The monoisotopic (exact) mass is 214 g/mol. The number of aromatic nitrogens is 2. The van der Waals surface area contributed by atoms with Crippen LogP contribution in [0.1, 0.15) is 11.4 Å². The molecule has 0 saturated carbocycles. The van der Waals surface area contributed by atoms with E-state index in [-0.39, 0.29) is 0 Å². The van der Waals surface area contributed by atoms with Crippen LogP contribution in [-0.2, 0) is 6.42 Å². The first kappa shape index (κ1) is 8.68. The number of nitrogens with zero attached hydrogens (tertiary/aromatic N) is 1. The van der Waals surface area contributed by atoms with E-state index in [9.17, 15) is 0 Å². The van der Waals surface area contributed by atoms with Crippen molar-refractivity contribution in [3.63, 3.8) is 0 Å². The van der Waals surface area contributed by atoms with Crippen LogP contribution in [0.2, 0.25) is 0 Å². The number of hydrogen-bond acceptors (Lipinski definition) is 2. The molecule has 2 nitrogen and oxygen atoms in total. The first-order valence-corrected chi connectivity index (χ1v) is 5.81. The van der Waals surface area contributed by atoms with Crippen molar-refractivity contribution in [2.24, 2.45) is 0 Å². The van der Waals surface area contributed by atoms with E-state index in [1.807, 2.05) is 18.2 Å². The average molecular weight is 214 g/mol. The zero-order valence-electron chi connectivity index (χ0n) is 8.10. The molecule has 0 aliphatic rings. The van der Waals surface area contributed by atoms with Crippen molar-refractivity contribution in [2.75, 3.05) is 0 Å². The van der Waals surface area contributed by atoms with Crippen LogP contribution in [0.25, 0.3) is 11.0 Å². The summed E-state index contributed by atoms with van der Waals surface area (Å²) in [6.07, 6.45) is 0.887. The fourth-order valence-corrected chi connectivity index (χ4v) is 2.34. The molecule has 0 bridgehead atoms. The summed E-state index contributed by atoms with van der Waals surface area (Å²) in [4.78, 5) is 7.86. The molecule has 0 unspecified atom stereocenters. The molecule has 3 aromatic rings. The van der Waals surface area contributed by atoms with Gasteiger partial charge in [0.2, 0.25) is 0 Å². The molecule has 1 N–H and O–H groups in total. The van der Waals surface area contributed by atoms with Crippen LogP contribution in [0.15, 0.2) is 41.1 Å². The van der Waals surface area contributed by atoms with Crippen LogP contribution in [0.4, 0.5) is 0 Å². The standard InChI is InChI=1S/C12H10N2S/c1-2-4-11-10(3-1)13-12(14-11)7-9-5-6-15-8-9/h1-6,8H,7H2,(H,13,14). The lowest BCUT2D eigenvalue weighted by Crippen LogP contribution is -1.87. The maximum absolute atomic E-state index is 4.54. The Morgan fingerprint density at radius 3 is 2.93 bits per heavy atom. The van der Waals surface area contributed by atoms with Crippen LogP contribution in [0, 0.1) is 0 Å². The molecule has 2 aromatic heterocycles. The summed E-state index contributed by atoms with van der Waals surface area (Å²) in [5, 5.41) is 4.26. The van der Waals surface area contributed by atoms with Gasteiger partial charge in [0.1, 0.15) is 5.82 Å². The maximum Gasteiger partial charge on any atom is 0.111 e. The zero-order chi connectivity index (χ0) is 10.1. The normalized spacial score (nSPS) is 10.9. The lowest BCUT2D eigenvalue weighted by molar-refractivity contribution is 1.04. The minimum absolute atomic E-state index is 0.887. The van der Waals surface area contributed by atoms with Crippen molar-refractivity contribution >= 4 is 22.4 Å². The highest BCUT2D eigenvalue weighted by molar-refractivity contribution is 7.07. The molecular formula is C12H10N2S. The van der Waals surface area contributed by atoms with Crippen molar-refractivity contribution < 1.29 is 0 Å². The molecule has 0 aliphatic heterocycles. The Bertz CT molecular complexity index is 533. The van der Waals surface area contributed by atoms with Gasteiger partial charge in [-0.15, -0.1) is 0 Å². The third kappa shape index (κ3) is 1.66. The van der Waals surface area contributed by atoms with Crippen molar-refractivity contribution in [3.8, 4) is 0 Å². The molecule has 0 aliphatic carbocycles. The zero-order valence-corrected chi connectivity index (χ0v) is 8.92. The van der Waals surface area contributed by atoms with E-state index in [2.05, 4.69) is 32.9 Å². The highest BCUT2D eigenvalue weighted by Crippen LogP contribution is 2.14. The number of rotatable bonds is 2. The molecule has 0 amide bonds. The number of imidazole rings is 1. The summed E-state index contributed by atoms with van der Waals surface area (Å²) in [5.74, 6) is 1.04. The molecule has 15 heavy (non-hydrogen) atoms. The lowest BCUT2D eigenvalue weighted by Gasteiger charge is -1.90. The van der Waals surface area contributed by atoms with Crippen LogP contribution in [-0.4, -0.2) is 9.97 Å². The predicted octanol–water partition coefficient (Wildman–Crippen LogP) is 3.22. The SMILES string of the molecule is c1ccc2[nH]c(Cc3ccsc3)nc2c1. The molecule has 74 valence electrons. The topological polar surface area (TPSA) is 28.7 Å². The van der Waals surface area contributed by atoms with E-state index >= 15 is 0 Å². The van der Waals surface area contributed by atoms with E-state index < -0.39 is 0 Å². The Morgan fingerprint density at radius 2 is 2.13 bits per heavy atom. The second-order valence-electron chi connectivity index (χ2n) is 3.51. The Balaban J connectivity index is 1.98. The number of fused-ring (bicyclic) bond motifs is 1. The summed E-state index contributed by atoms with van der Waals surface area (Å²) in [6.45, 7) is 0. The molecule has 0 atom stereocenters. The van der Waals surface area contributed by atoms with E-state index in [0.29, 0.717) is 0 Å². The Hall–Kier alpha value is -1.61. The summed E-state index contributed by atoms with van der Waals surface area (Å²) in [7, 11) is 0. The molecule has 0 fully saturated rings. The van der Waals surface area contributed by atoms with Gasteiger partial charge in [0, 0.05) is 6.42 Å². The van der Waals surface area contributed by atoms with Gasteiger partial charge < -0.3 is 4.98 Å². The minimum atomic E-state index is 0.887. The fourth-order valence-electron chi connectivity index (χ4n) is 1.68. The van der Waals surface area contributed by atoms with Gasteiger partial charge >= 0.3 is 0 Å². The van der Waals surface area contributed by atoms with Crippen molar-refractivity contribution in [1.82, 2.24) is 9.97 Å². The molecular weight excluding hydrogens is 204 g/mol. The summed E-state index contributed by atoms with van der Waals surface area (Å²) in [5.41, 5.74) is 3.48. The predicted molar refractivity (Wildman–Crippen MR) is 63.2 cm³/mol.